The summed E-state index contributed by atoms with van der Waals surface area (Å²) in [5, 5.41) is 16.4. The number of amides is 1. The second-order valence-electron chi connectivity index (χ2n) is 6.81. The average molecular weight is 393 g/mol. The minimum Gasteiger partial charge on any atom is -0.497 e. The van der Waals surface area contributed by atoms with Crippen molar-refractivity contribution in [1.29, 1.82) is 0 Å². The van der Waals surface area contributed by atoms with E-state index in [2.05, 4.69) is 10.4 Å². The minimum absolute atomic E-state index is 0.0663. The van der Waals surface area contributed by atoms with Gasteiger partial charge in [-0.2, -0.15) is 5.10 Å². The third kappa shape index (κ3) is 4.45. The molecular weight excluding hydrogens is 370 g/mol. The molecule has 1 unspecified atom stereocenters. The number of aromatic nitrogens is 2. The number of carboxylic acids is 1. The number of nitrogens with one attached hydrogen (secondary N) is 1. The Morgan fingerprint density at radius 3 is 2.52 bits per heavy atom. The monoisotopic (exact) mass is 393 g/mol. The van der Waals surface area contributed by atoms with E-state index in [1.807, 2.05) is 42.8 Å². The van der Waals surface area contributed by atoms with Crippen molar-refractivity contribution in [3.05, 3.63) is 71.5 Å². The molecule has 1 atom stereocenters. The lowest BCUT2D eigenvalue weighted by Crippen LogP contribution is -2.23. The number of nitrogens with zero attached hydrogens (tertiary/aromatic N) is 2. The van der Waals surface area contributed by atoms with Crippen molar-refractivity contribution in [1.82, 2.24) is 9.78 Å². The lowest BCUT2D eigenvalue weighted by molar-refractivity contribution is -0.119. The molecule has 29 heavy (non-hydrogen) atoms. The zero-order valence-electron chi connectivity index (χ0n) is 16.5. The van der Waals surface area contributed by atoms with Gasteiger partial charge in [-0.3, -0.25) is 4.79 Å². The van der Waals surface area contributed by atoms with Gasteiger partial charge >= 0.3 is 5.97 Å². The topological polar surface area (TPSA) is 93.5 Å². The first-order valence-electron chi connectivity index (χ1n) is 9.21. The molecule has 0 aliphatic carbocycles. The van der Waals surface area contributed by atoms with Gasteiger partial charge < -0.3 is 15.2 Å². The molecule has 2 aromatic carbocycles. The molecule has 0 spiro atoms. The molecule has 0 aliphatic rings. The Morgan fingerprint density at radius 1 is 1.17 bits per heavy atom. The van der Waals surface area contributed by atoms with Gasteiger partial charge in [0.2, 0.25) is 5.91 Å². The first-order valence-corrected chi connectivity index (χ1v) is 9.21. The summed E-state index contributed by atoms with van der Waals surface area (Å²) >= 11 is 0. The van der Waals surface area contributed by atoms with E-state index in [9.17, 15) is 14.7 Å². The van der Waals surface area contributed by atoms with E-state index in [1.165, 1.54) is 6.07 Å². The van der Waals surface area contributed by atoms with Gasteiger partial charge in [0.1, 0.15) is 5.75 Å². The molecule has 0 radical (unpaired) electrons. The Morgan fingerprint density at radius 2 is 1.86 bits per heavy atom. The third-order valence-corrected chi connectivity index (χ3v) is 4.82. The zero-order chi connectivity index (χ0) is 21.0. The number of hydrogen-bond acceptors (Lipinski definition) is 4. The first kappa shape index (κ1) is 20.1. The van der Waals surface area contributed by atoms with Crippen LogP contribution in [0.4, 0.5) is 5.69 Å². The number of ether oxygens (including phenoxy) is 1. The van der Waals surface area contributed by atoms with Crippen LogP contribution in [0.25, 0.3) is 5.69 Å². The van der Waals surface area contributed by atoms with E-state index in [0.29, 0.717) is 12.1 Å². The van der Waals surface area contributed by atoms with Gasteiger partial charge in [0.25, 0.3) is 0 Å². The highest BCUT2D eigenvalue weighted by Crippen LogP contribution is 2.21. The van der Waals surface area contributed by atoms with E-state index < -0.39 is 5.97 Å². The van der Waals surface area contributed by atoms with Gasteiger partial charge in [0.15, 0.2) is 0 Å². The Kier molecular flexibility index (Phi) is 5.97. The summed E-state index contributed by atoms with van der Waals surface area (Å²) in [6.07, 6.45) is 2.25. The van der Waals surface area contributed by atoms with Crippen LogP contribution in [0.3, 0.4) is 0 Å². The Bertz CT molecular complexity index is 1020. The van der Waals surface area contributed by atoms with Gasteiger partial charge in [-0.25, -0.2) is 9.48 Å². The molecule has 0 bridgehead atoms. The van der Waals surface area contributed by atoms with Crippen LogP contribution in [0.2, 0.25) is 0 Å². The maximum atomic E-state index is 12.6. The fourth-order valence-corrected chi connectivity index (χ4v) is 3.08. The molecule has 3 aromatic rings. The molecule has 1 heterocycles. The number of carboxylic acid groups (broad SMARTS) is 1. The van der Waals surface area contributed by atoms with Gasteiger partial charge in [0, 0.05) is 11.6 Å². The van der Waals surface area contributed by atoms with Crippen LogP contribution < -0.4 is 10.1 Å². The van der Waals surface area contributed by atoms with E-state index >= 15 is 0 Å². The third-order valence-electron chi connectivity index (χ3n) is 4.82. The number of carbonyl (C=O) groups excluding carboxylic acids is 1. The molecule has 0 saturated heterocycles. The van der Waals surface area contributed by atoms with Crippen LogP contribution in [0.1, 0.15) is 28.5 Å². The number of rotatable bonds is 7. The summed E-state index contributed by atoms with van der Waals surface area (Å²) in [6, 6.07) is 13.9. The van der Waals surface area contributed by atoms with E-state index in [1.54, 1.807) is 31.5 Å². The highest BCUT2D eigenvalue weighted by molar-refractivity contribution is 6.01. The number of carbonyl (C=O) groups is 2. The van der Waals surface area contributed by atoms with Gasteiger partial charge in [0.05, 0.1) is 30.2 Å². The quantitative estimate of drug-likeness (QED) is 0.638. The molecule has 0 aliphatic heterocycles. The minimum atomic E-state index is -1.08. The average Bonchev–Trinajstić information content (AvgIpc) is 3.08. The van der Waals surface area contributed by atoms with Gasteiger partial charge in [-0.1, -0.05) is 19.1 Å². The summed E-state index contributed by atoms with van der Waals surface area (Å²) in [6.45, 7) is 3.76. The molecule has 3 rings (SSSR count). The van der Waals surface area contributed by atoms with Crippen molar-refractivity contribution in [2.45, 2.75) is 20.3 Å². The van der Waals surface area contributed by atoms with Crippen molar-refractivity contribution >= 4 is 17.6 Å². The normalized spacial score (nSPS) is 11.7. The second kappa shape index (κ2) is 8.60. The molecule has 150 valence electrons. The van der Waals surface area contributed by atoms with Crippen LogP contribution in [0.5, 0.6) is 5.75 Å². The molecule has 1 amide bonds. The van der Waals surface area contributed by atoms with Crippen LogP contribution >= 0.6 is 0 Å². The van der Waals surface area contributed by atoms with Crippen LogP contribution in [0.15, 0.2) is 54.7 Å². The van der Waals surface area contributed by atoms with Crippen molar-refractivity contribution in [3.63, 3.8) is 0 Å². The molecule has 1 aromatic heterocycles. The van der Waals surface area contributed by atoms with Crippen molar-refractivity contribution in [2.24, 2.45) is 5.92 Å². The maximum Gasteiger partial charge on any atom is 0.337 e. The smallest absolute Gasteiger partial charge is 0.337 e. The number of benzene rings is 2. The summed E-state index contributed by atoms with van der Waals surface area (Å²) in [7, 11) is 1.62. The lowest BCUT2D eigenvalue weighted by Gasteiger charge is -2.14. The standard InChI is InChI=1S/C22H23N3O4/c1-14(21(26)24-20-7-5-4-6-19(20)22(27)28)12-16-13-23-25(15(16)2)17-8-10-18(29-3)11-9-17/h4-11,13-14H,12H2,1-3H3,(H,24,26)(H,27,28). The lowest BCUT2D eigenvalue weighted by atomic mass is 10.0. The molecule has 0 saturated carbocycles. The zero-order valence-corrected chi connectivity index (χ0v) is 16.5. The summed E-state index contributed by atoms with van der Waals surface area (Å²) < 4.78 is 7.00. The fourth-order valence-electron chi connectivity index (χ4n) is 3.08. The highest BCUT2D eigenvalue weighted by atomic mass is 16.5. The summed E-state index contributed by atoms with van der Waals surface area (Å²) in [5.41, 5.74) is 3.16. The number of hydrogen-bond donors (Lipinski definition) is 2. The molecule has 0 fully saturated rings. The second-order valence-corrected chi connectivity index (χ2v) is 6.81. The number of para-hydroxylation sites is 1. The summed E-state index contributed by atoms with van der Waals surface area (Å²) in [4.78, 5) is 23.9. The van der Waals surface area contributed by atoms with Gasteiger partial charge in [-0.05, 0) is 55.3 Å². The summed E-state index contributed by atoms with van der Waals surface area (Å²) in [5.74, 6) is -0.907. The number of aromatic carboxylic acids is 1. The van der Waals surface area contributed by atoms with Crippen molar-refractivity contribution in [3.8, 4) is 11.4 Å². The van der Waals surface area contributed by atoms with Crippen molar-refractivity contribution < 1.29 is 19.4 Å². The Hall–Kier alpha value is -3.61. The molecule has 7 nitrogen and oxygen atoms in total. The fraction of sp³-hybridized carbons (Fsp3) is 0.227. The maximum absolute atomic E-state index is 12.6. The predicted octanol–water partition coefficient (Wildman–Crippen LogP) is 3.70. The molecule has 2 N–H and O–H groups in total. The SMILES string of the molecule is COc1ccc(-n2ncc(CC(C)C(=O)Nc3ccccc3C(=O)O)c2C)cc1. The molecule has 7 heteroatoms. The predicted molar refractivity (Wildman–Crippen MR) is 110 cm³/mol. The van der Waals surface area contributed by atoms with Crippen LogP contribution in [-0.4, -0.2) is 33.9 Å². The van der Waals surface area contributed by atoms with E-state index in [0.717, 1.165) is 22.7 Å². The number of anilines is 1. The highest BCUT2D eigenvalue weighted by Gasteiger charge is 2.19. The van der Waals surface area contributed by atoms with Gasteiger partial charge in [-0.15, -0.1) is 0 Å². The Labute approximate surface area is 168 Å². The number of methoxy groups -OCH3 is 1. The van der Waals surface area contributed by atoms with Crippen LogP contribution in [-0.2, 0) is 11.2 Å². The van der Waals surface area contributed by atoms with E-state index in [-0.39, 0.29) is 17.4 Å². The Balaban J connectivity index is 1.72. The first-order chi connectivity index (χ1) is 13.9. The largest absolute Gasteiger partial charge is 0.497 e. The van der Waals surface area contributed by atoms with Crippen LogP contribution in [0, 0.1) is 12.8 Å². The van der Waals surface area contributed by atoms with Crippen molar-refractivity contribution in [2.75, 3.05) is 12.4 Å². The van der Waals surface area contributed by atoms with E-state index in [4.69, 9.17) is 4.74 Å². The molecular formula is C22H23N3O4.